The van der Waals surface area contributed by atoms with Gasteiger partial charge in [-0.2, -0.15) is 4.98 Å². The molecule has 3 aliphatic rings. The predicted octanol–water partition coefficient (Wildman–Crippen LogP) is 3.07. The minimum Gasteiger partial charge on any atom is -0.324 e. The summed E-state index contributed by atoms with van der Waals surface area (Å²) in [7, 11) is 0. The molecule has 0 unspecified atom stereocenters. The first kappa shape index (κ1) is 21.9. The molecular formula is C25H30FN7. The van der Waals surface area contributed by atoms with Crippen molar-refractivity contribution in [2.45, 2.75) is 19.4 Å². The maximum absolute atomic E-state index is 14.4. The van der Waals surface area contributed by atoms with E-state index >= 15 is 0 Å². The number of hydrogen-bond donors (Lipinski definition) is 2. The molecule has 3 aliphatic heterocycles. The molecule has 2 aromatic carbocycles. The number of aryl methyl sites for hydroxylation is 1. The quantitative estimate of drug-likeness (QED) is 0.549. The maximum Gasteiger partial charge on any atom is 0.230 e. The van der Waals surface area contributed by atoms with Gasteiger partial charge >= 0.3 is 0 Å². The molecule has 172 valence electrons. The lowest BCUT2D eigenvalue weighted by atomic mass is 10.1. The summed E-state index contributed by atoms with van der Waals surface area (Å²) in [4.78, 5) is 18.2. The number of fused-ring (bicyclic) bond motifs is 7. The third-order valence-electron chi connectivity index (χ3n) is 6.33. The Morgan fingerprint density at radius 1 is 0.879 bits per heavy atom. The van der Waals surface area contributed by atoms with Gasteiger partial charge < -0.3 is 10.6 Å². The smallest absolute Gasteiger partial charge is 0.230 e. The SMILES string of the molecule is Fc1ccc2cc1CCCNCCN1CCN(CC1)Cc1cccc(c1)Nc1ncnc-2n1. The van der Waals surface area contributed by atoms with Gasteiger partial charge in [0.05, 0.1) is 0 Å². The van der Waals surface area contributed by atoms with E-state index < -0.39 is 0 Å². The highest BCUT2D eigenvalue weighted by atomic mass is 19.1. The van der Waals surface area contributed by atoms with Crippen LogP contribution in [-0.4, -0.2) is 70.6 Å². The minimum atomic E-state index is -0.181. The van der Waals surface area contributed by atoms with Gasteiger partial charge in [0.15, 0.2) is 5.82 Å². The lowest BCUT2D eigenvalue weighted by molar-refractivity contribution is 0.128. The van der Waals surface area contributed by atoms with Crippen molar-refractivity contribution in [3.63, 3.8) is 0 Å². The highest BCUT2D eigenvalue weighted by Gasteiger charge is 2.17. The van der Waals surface area contributed by atoms with Crippen LogP contribution < -0.4 is 10.6 Å². The predicted molar refractivity (Wildman–Crippen MR) is 128 cm³/mol. The van der Waals surface area contributed by atoms with E-state index in [0.717, 1.165) is 70.0 Å². The number of piperazine rings is 1. The summed E-state index contributed by atoms with van der Waals surface area (Å²) >= 11 is 0. The van der Waals surface area contributed by atoms with Gasteiger partial charge in [0.2, 0.25) is 5.95 Å². The first-order chi connectivity index (χ1) is 16.2. The summed E-state index contributed by atoms with van der Waals surface area (Å²) in [5.74, 6) is 0.831. The molecule has 1 aromatic heterocycles. The monoisotopic (exact) mass is 447 g/mol. The van der Waals surface area contributed by atoms with Gasteiger partial charge in [-0.3, -0.25) is 9.80 Å². The zero-order chi connectivity index (χ0) is 22.5. The fraction of sp³-hybridized carbons (Fsp3) is 0.400. The van der Waals surface area contributed by atoms with Gasteiger partial charge in [-0.15, -0.1) is 0 Å². The number of hydrogen-bond acceptors (Lipinski definition) is 7. The fourth-order valence-corrected chi connectivity index (χ4v) is 4.47. The first-order valence-corrected chi connectivity index (χ1v) is 11.7. The summed E-state index contributed by atoms with van der Waals surface area (Å²) in [6.07, 6.45) is 3.05. The molecule has 3 aromatic rings. The van der Waals surface area contributed by atoms with E-state index in [1.807, 2.05) is 12.1 Å². The van der Waals surface area contributed by atoms with Crippen LogP contribution in [-0.2, 0) is 13.0 Å². The highest BCUT2D eigenvalue weighted by Crippen LogP contribution is 2.22. The zero-order valence-corrected chi connectivity index (χ0v) is 18.8. The number of rotatable bonds is 0. The summed E-state index contributed by atoms with van der Waals surface area (Å²) in [5.41, 5.74) is 3.69. The molecule has 0 saturated carbocycles. The van der Waals surface area contributed by atoms with E-state index in [0.29, 0.717) is 23.8 Å². The molecule has 0 amide bonds. The molecule has 0 spiro atoms. The number of anilines is 2. The molecule has 33 heavy (non-hydrogen) atoms. The van der Waals surface area contributed by atoms with Crippen molar-refractivity contribution in [1.82, 2.24) is 30.1 Å². The van der Waals surface area contributed by atoms with Gasteiger partial charge in [-0.25, -0.2) is 14.4 Å². The van der Waals surface area contributed by atoms with Crippen LogP contribution in [0.5, 0.6) is 0 Å². The van der Waals surface area contributed by atoms with Crippen molar-refractivity contribution in [1.29, 1.82) is 0 Å². The molecular weight excluding hydrogens is 417 g/mol. The van der Waals surface area contributed by atoms with Crippen molar-refractivity contribution >= 4 is 11.6 Å². The van der Waals surface area contributed by atoms with Gasteiger partial charge in [0.1, 0.15) is 12.1 Å². The molecule has 2 N–H and O–H groups in total. The van der Waals surface area contributed by atoms with E-state index in [1.54, 1.807) is 6.07 Å². The molecule has 1 fully saturated rings. The lowest BCUT2D eigenvalue weighted by Crippen LogP contribution is -2.47. The summed E-state index contributed by atoms with van der Waals surface area (Å²) in [6.45, 7) is 8.14. The van der Waals surface area contributed by atoms with E-state index in [2.05, 4.69) is 53.6 Å². The molecule has 8 bridgehead atoms. The summed E-state index contributed by atoms with van der Waals surface area (Å²) in [5, 5.41) is 6.82. The zero-order valence-electron chi connectivity index (χ0n) is 18.8. The number of aromatic nitrogens is 3. The van der Waals surface area contributed by atoms with Crippen molar-refractivity contribution < 1.29 is 4.39 Å². The Hall–Kier alpha value is -2.94. The standard InChI is InChI=1S/C25H30FN7/c26-23-7-6-21-16-20(23)4-2-8-27-9-10-32-11-13-33(14-12-32)17-19-3-1-5-22(15-19)30-25-29-18-28-24(21)31-25/h1,3,5-7,15-16,18,27H,2,4,8-14,17H2,(H,28,29,30,31). The fourth-order valence-electron chi connectivity index (χ4n) is 4.47. The Morgan fingerprint density at radius 2 is 1.76 bits per heavy atom. The molecule has 6 rings (SSSR count). The first-order valence-electron chi connectivity index (χ1n) is 11.7. The van der Waals surface area contributed by atoms with Crippen molar-refractivity contribution in [2.75, 3.05) is 51.1 Å². The van der Waals surface area contributed by atoms with E-state index in [-0.39, 0.29) is 5.82 Å². The maximum atomic E-state index is 14.4. The topological polar surface area (TPSA) is 69.2 Å². The van der Waals surface area contributed by atoms with Crippen LogP contribution in [0.15, 0.2) is 48.8 Å². The normalized spacial score (nSPS) is 21.6. The number of benzene rings is 2. The van der Waals surface area contributed by atoms with Gasteiger partial charge in [0.25, 0.3) is 0 Å². The second-order valence-corrected chi connectivity index (χ2v) is 8.74. The molecule has 1 saturated heterocycles. The molecule has 4 heterocycles. The minimum absolute atomic E-state index is 0.181. The largest absolute Gasteiger partial charge is 0.324 e. The van der Waals surface area contributed by atoms with Crippen molar-refractivity contribution in [2.24, 2.45) is 0 Å². The van der Waals surface area contributed by atoms with Crippen molar-refractivity contribution in [3.8, 4) is 11.4 Å². The Labute approximate surface area is 194 Å². The summed E-state index contributed by atoms with van der Waals surface area (Å²) in [6, 6.07) is 13.5. The Balaban J connectivity index is 1.41. The third-order valence-corrected chi connectivity index (χ3v) is 6.33. The Morgan fingerprint density at radius 3 is 2.67 bits per heavy atom. The molecule has 0 atom stereocenters. The van der Waals surface area contributed by atoms with E-state index in [9.17, 15) is 4.39 Å². The van der Waals surface area contributed by atoms with Crippen LogP contribution in [0, 0.1) is 5.82 Å². The molecule has 7 nitrogen and oxygen atoms in total. The molecule has 0 radical (unpaired) electrons. The Bertz CT molecular complexity index is 1080. The van der Waals surface area contributed by atoms with Crippen LogP contribution in [0.3, 0.4) is 0 Å². The van der Waals surface area contributed by atoms with E-state index in [1.165, 1.54) is 18.0 Å². The lowest BCUT2D eigenvalue weighted by Gasteiger charge is -2.34. The van der Waals surface area contributed by atoms with Crippen LogP contribution in [0.2, 0.25) is 0 Å². The number of nitrogens with zero attached hydrogens (tertiary/aromatic N) is 5. The van der Waals surface area contributed by atoms with Crippen LogP contribution >= 0.6 is 0 Å². The van der Waals surface area contributed by atoms with Crippen LogP contribution in [0.25, 0.3) is 11.4 Å². The molecule has 0 aliphatic carbocycles. The van der Waals surface area contributed by atoms with Gasteiger partial charge in [-0.05, 0) is 60.8 Å². The number of nitrogens with one attached hydrogen (secondary N) is 2. The second kappa shape index (κ2) is 10.3. The second-order valence-electron chi connectivity index (χ2n) is 8.74. The Kier molecular flexibility index (Phi) is 6.85. The average Bonchev–Trinajstić information content (AvgIpc) is 2.83. The van der Waals surface area contributed by atoms with Crippen molar-refractivity contribution in [3.05, 3.63) is 65.7 Å². The summed E-state index contributed by atoms with van der Waals surface area (Å²) < 4.78 is 14.4. The van der Waals surface area contributed by atoms with Crippen LogP contribution in [0.4, 0.5) is 16.0 Å². The highest BCUT2D eigenvalue weighted by molar-refractivity contribution is 5.60. The van der Waals surface area contributed by atoms with E-state index in [4.69, 9.17) is 0 Å². The molecule has 8 heteroatoms. The third kappa shape index (κ3) is 5.71. The van der Waals surface area contributed by atoms with Gasteiger partial charge in [-0.1, -0.05) is 12.1 Å². The van der Waals surface area contributed by atoms with Crippen LogP contribution in [0.1, 0.15) is 17.5 Å². The van der Waals surface area contributed by atoms with Gasteiger partial charge in [0, 0.05) is 57.1 Å². The average molecular weight is 448 g/mol. The number of halogens is 1.